The van der Waals surface area contributed by atoms with Crippen LogP contribution in [0, 0.1) is 12.7 Å². The summed E-state index contributed by atoms with van der Waals surface area (Å²) in [7, 11) is 1.33. The standard InChI is InChI=1S/C16H17FN4O3.C2H6/c1-4-21-15(19-11-6-5-9(2)7-10(11)17)13(14(18)23)12(8-22)20(3)16(21)24;1-2/h5-7,19H,4H2,1-3H3,(H2,18,23);1-2H3. The monoisotopic (exact) mass is 362 g/mol. The molecule has 0 bridgehead atoms. The molecule has 1 aromatic rings. The molecule has 0 fully saturated rings. The SMILES string of the molecule is CC.CCN1C(=O)N(C)C(=C=O)C(C(N)=O)=C1Nc1ccc(C)cc1F. The summed E-state index contributed by atoms with van der Waals surface area (Å²) in [6.45, 7) is 7.58. The van der Waals surface area contributed by atoms with Gasteiger partial charge in [0.05, 0.1) is 5.69 Å². The summed E-state index contributed by atoms with van der Waals surface area (Å²) in [5.41, 5.74) is 5.60. The van der Waals surface area contributed by atoms with E-state index < -0.39 is 17.8 Å². The molecule has 0 atom stereocenters. The third kappa shape index (κ3) is 3.92. The summed E-state index contributed by atoms with van der Waals surface area (Å²) >= 11 is 0. The minimum atomic E-state index is -0.929. The van der Waals surface area contributed by atoms with Crippen molar-refractivity contribution in [3.05, 3.63) is 46.7 Å². The first-order chi connectivity index (χ1) is 12.3. The molecular formula is C18H23FN4O3. The predicted molar refractivity (Wildman–Crippen MR) is 97.1 cm³/mol. The van der Waals surface area contributed by atoms with Gasteiger partial charge in [-0.3, -0.25) is 14.6 Å². The minimum Gasteiger partial charge on any atom is -0.365 e. The van der Waals surface area contributed by atoms with Gasteiger partial charge in [0.15, 0.2) is 5.94 Å². The first-order valence-corrected chi connectivity index (χ1v) is 8.19. The summed E-state index contributed by atoms with van der Waals surface area (Å²) in [6, 6.07) is 3.88. The molecule has 1 aliphatic rings. The first-order valence-electron chi connectivity index (χ1n) is 8.19. The van der Waals surface area contributed by atoms with Crippen LogP contribution in [0.1, 0.15) is 26.3 Å². The topological polar surface area (TPSA) is 95.7 Å². The Bertz CT molecular complexity index is 798. The van der Waals surface area contributed by atoms with Crippen molar-refractivity contribution in [1.29, 1.82) is 0 Å². The number of aryl methyl sites for hydroxylation is 1. The number of amides is 3. The van der Waals surface area contributed by atoms with Crippen LogP contribution in [0.2, 0.25) is 0 Å². The molecule has 140 valence electrons. The van der Waals surface area contributed by atoms with E-state index in [2.05, 4.69) is 5.32 Å². The van der Waals surface area contributed by atoms with Crippen LogP contribution in [0.3, 0.4) is 0 Å². The smallest absolute Gasteiger partial charge is 0.330 e. The van der Waals surface area contributed by atoms with E-state index in [1.54, 1.807) is 25.9 Å². The fraction of sp³-hybridized carbons (Fsp3) is 0.333. The van der Waals surface area contributed by atoms with Gasteiger partial charge < -0.3 is 11.1 Å². The molecule has 0 saturated carbocycles. The number of hydrogen-bond donors (Lipinski definition) is 2. The number of hydrogen-bond acceptors (Lipinski definition) is 4. The number of nitrogens with zero attached hydrogens (tertiary/aromatic N) is 2. The Kier molecular flexibility index (Phi) is 7.10. The Morgan fingerprint density at radius 1 is 1.35 bits per heavy atom. The highest BCUT2D eigenvalue weighted by Crippen LogP contribution is 2.28. The van der Waals surface area contributed by atoms with Gasteiger partial charge in [0.1, 0.15) is 22.9 Å². The lowest BCUT2D eigenvalue weighted by molar-refractivity contribution is -0.114. The number of carbonyl (C=O) groups is 2. The second-order valence-corrected chi connectivity index (χ2v) is 5.23. The maximum absolute atomic E-state index is 14.1. The van der Waals surface area contributed by atoms with E-state index in [1.165, 1.54) is 24.1 Å². The van der Waals surface area contributed by atoms with Gasteiger partial charge >= 0.3 is 6.03 Å². The summed E-state index contributed by atoms with van der Waals surface area (Å²) in [6.07, 6.45) is 0. The maximum Gasteiger partial charge on any atom is 0.330 e. The van der Waals surface area contributed by atoms with Crippen molar-refractivity contribution < 1.29 is 18.8 Å². The van der Waals surface area contributed by atoms with E-state index in [0.29, 0.717) is 5.56 Å². The number of anilines is 1. The molecule has 3 amide bonds. The fourth-order valence-electron chi connectivity index (χ4n) is 2.41. The lowest BCUT2D eigenvalue weighted by atomic mass is 10.1. The van der Waals surface area contributed by atoms with Crippen molar-refractivity contribution in [2.45, 2.75) is 27.7 Å². The summed E-state index contributed by atoms with van der Waals surface area (Å²) in [4.78, 5) is 37.6. The van der Waals surface area contributed by atoms with Crippen LogP contribution in [0.5, 0.6) is 0 Å². The van der Waals surface area contributed by atoms with Gasteiger partial charge in [-0.15, -0.1) is 0 Å². The average Bonchev–Trinajstić information content (AvgIpc) is 2.61. The number of rotatable bonds is 4. The lowest BCUT2D eigenvalue weighted by Gasteiger charge is -2.36. The van der Waals surface area contributed by atoms with Crippen LogP contribution >= 0.6 is 0 Å². The molecular weight excluding hydrogens is 339 g/mol. The van der Waals surface area contributed by atoms with E-state index in [4.69, 9.17) is 5.73 Å². The van der Waals surface area contributed by atoms with E-state index in [-0.39, 0.29) is 29.3 Å². The van der Waals surface area contributed by atoms with E-state index in [1.807, 2.05) is 13.8 Å². The Morgan fingerprint density at radius 2 is 1.96 bits per heavy atom. The summed E-state index contributed by atoms with van der Waals surface area (Å²) < 4.78 is 14.1. The molecule has 7 nitrogen and oxygen atoms in total. The number of urea groups is 1. The highest BCUT2D eigenvalue weighted by molar-refractivity contribution is 6.04. The minimum absolute atomic E-state index is 0.0470. The number of nitrogens with one attached hydrogen (secondary N) is 1. The van der Waals surface area contributed by atoms with E-state index >= 15 is 0 Å². The molecule has 0 aromatic heterocycles. The van der Waals surface area contributed by atoms with Crippen molar-refractivity contribution in [2.75, 3.05) is 18.9 Å². The zero-order valence-electron chi connectivity index (χ0n) is 15.5. The van der Waals surface area contributed by atoms with Crippen LogP contribution < -0.4 is 11.1 Å². The number of likely N-dealkylation sites (N-methyl/N-ethyl adjacent to an activating group) is 1. The molecule has 1 aliphatic heterocycles. The number of primary amides is 1. The molecule has 1 aromatic carbocycles. The maximum atomic E-state index is 14.1. The Balaban J connectivity index is 0.00000163. The Hall–Kier alpha value is -3.12. The van der Waals surface area contributed by atoms with Crippen molar-refractivity contribution in [2.24, 2.45) is 5.73 Å². The highest BCUT2D eigenvalue weighted by atomic mass is 19.1. The average molecular weight is 362 g/mol. The van der Waals surface area contributed by atoms with Crippen molar-refractivity contribution >= 4 is 23.6 Å². The molecule has 0 unspecified atom stereocenters. The molecule has 0 spiro atoms. The van der Waals surface area contributed by atoms with E-state index in [9.17, 15) is 18.8 Å². The Labute approximate surface area is 151 Å². The third-order valence-electron chi connectivity index (χ3n) is 3.63. The molecule has 0 radical (unpaired) electrons. The molecule has 0 saturated heterocycles. The lowest BCUT2D eigenvalue weighted by Crippen LogP contribution is -2.49. The predicted octanol–water partition coefficient (Wildman–Crippen LogP) is 2.37. The molecule has 1 heterocycles. The first kappa shape index (κ1) is 20.9. The number of nitrogens with two attached hydrogens (primary N) is 1. The van der Waals surface area contributed by atoms with Crippen LogP contribution in [0.15, 0.2) is 35.3 Å². The molecule has 8 heteroatoms. The third-order valence-corrected chi connectivity index (χ3v) is 3.63. The van der Waals surface area contributed by atoms with Gasteiger partial charge in [0, 0.05) is 13.6 Å². The molecule has 0 aliphatic carbocycles. The molecule has 2 rings (SSSR count). The normalized spacial score (nSPS) is 13.9. The largest absolute Gasteiger partial charge is 0.365 e. The quantitative estimate of drug-likeness (QED) is 0.804. The second kappa shape index (κ2) is 8.82. The van der Waals surface area contributed by atoms with E-state index in [0.717, 1.165) is 4.90 Å². The second-order valence-electron chi connectivity index (χ2n) is 5.23. The summed E-state index contributed by atoms with van der Waals surface area (Å²) in [5, 5.41) is 2.71. The van der Waals surface area contributed by atoms with Crippen molar-refractivity contribution in [3.8, 4) is 0 Å². The van der Waals surface area contributed by atoms with Gasteiger partial charge in [-0.1, -0.05) is 19.9 Å². The number of carbonyl (C=O) groups excluding carboxylic acids is 3. The van der Waals surface area contributed by atoms with Crippen LogP contribution in [0.4, 0.5) is 14.9 Å². The van der Waals surface area contributed by atoms with Gasteiger partial charge in [-0.05, 0) is 31.5 Å². The van der Waals surface area contributed by atoms with Crippen LogP contribution in [0.25, 0.3) is 0 Å². The summed E-state index contributed by atoms with van der Waals surface area (Å²) in [5.74, 6) is 0.0113. The zero-order chi connectivity index (χ0) is 20.0. The van der Waals surface area contributed by atoms with Crippen LogP contribution in [-0.4, -0.2) is 41.3 Å². The zero-order valence-corrected chi connectivity index (χ0v) is 15.5. The van der Waals surface area contributed by atoms with Gasteiger partial charge in [0.25, 0.3) is 5.91 Å². The Morgan fingerprint density at radius 3 is 2.42 bits per heavy atom. The molecule has 26 heavy (non-hydrogen) atoms. The van der Waals surface area contributed by atoms with Crippen LogP contribution in [-0.2, 0) is 9.59 Å². The van der Waals surface area contributed by atoms with Gasteiger partial charge in [-0.2, -0.15) is 0 Å². The van der Waals surface area contributed by atoms with Gasteiger partial charge in [0.2, 0.25) is 0 Å². The van der Waals surface area contributed by atoms with Gasteiger partial charge in [-0.25, -0.2) is 14.0 Å². The number of halogens is 1. The van der Waals surface area contributed by atoms with Crippen molar-refractivity contribution in [1.82, 2.24) is 9.80 Å². The highest BCUT2D eigenvalue weighted by Gasteiger charge is 2.37. The van der Waals surface area contributed by atoms with Crippen molar-refractivity contribution in [3.63, 3.8) is 0 Å². The fourth-order valence-corrected chi connectivity index (χ4v) is 2.41. The number of benzene rings is 1. The molecule has 3 N–H and O–H groups in total.